The van der Waals surface area contributed by atoms with Gasteiger partial charge in [-0.15, -0.1) is 0 Å². The van der Waals surface area contributed by atoms with Gasteiger partial charge in [0, 0.05) is 22.5 Å². The van der Waals surface area contributed by atoms with Crippen molar-refractivity contribution in [3.05, 3.63) is 253 Å². The van der Waals surface area contributed by atoms with Gasteiger partial charge in [0.05, 0.1) is 5.41 Å². The predicted molar refractivity (Wildman–Crippen MR) is 243 cm³/mol. The first-order valence-corrected chi connectivity index (χ1v) is 20.6. The van der Waals surface area contributed by atoms with Crippen molar-refractivity contribution in [1.29, 1.82) is 0 Å². The van der Waals surface area contributed by atoms with Crippen LogP contribution in [0.4, 0.5) is 17.1 Å². The Balaban J connectivity index is 1.07. The molecule has 3 atom stereocenters. The van der Waals surface area contributed by atoms with Gasteiger partial charge in [-0.05, 0) is 122 Å². The number of fused-ring (bicyclic) bond motifs is 4. The highest BCUT2D eigenvalue weighted by atomic mass is 15.1. The van der Waals surface area contributed by atoms with E-state index in [0.29, 0.717) is 5.92 Å². The van der Waals surface area contributed by atoms with Crippen LogP contribution < -0.4 is 4.90 Å². The SMILES string of the molecule is C1=CCC=C(c2ccc(N(c3ccc(-c4cccc(-c5ccccc5)c4)cc3)c3ccc4c(c3)C(c3ccccc3)(C35C=CC=CC3C5)c3ccccc3-4)cc2)C=C1. The van der Waals surface area contributed by atoms with E-state index < -0.39 is 0 Å². The van der Waals surface area contributed by atoms with Crippen LogP contribution in [0, 0.1) is 11.3 Å². The third-order valence-corrected chi connectivity index (χ3v) is 13.0. The van der Waals surface area contributed by atoms with Gasteiger partial charge >= 0.3 is 0 Å². The summed E-state index contributed by atoms with van der Waals surface area (Å²) >= 11 is 0. The minimum atomic E-state index is -0.336. The fourth-order valence-corrected chi connectivity index (χ4v) is 10.2. The van der Waals surface area contributed by atoms with Crippen molar-refractivity contribution in [1.82, 2.24) is 0 Å². The summed E-state index contributed by atoms with van der Waals surface area (Å²) in [5.41, 5.74) is 17.2. The lowest BCUT2D eigenvalue weighted by Gasteiger charge is -2.41. The zero-order chi connectivity index (χ0) is 38.5. The van der Waals surface area contributed by atoms with E-state index in [-0.39, 0.29) is 10.8 Å². The summed E-state index contributed by atoms with van der Waals surface area (Å²) in [6, 6.07) is 65.5. The van der Waals surface area contributed by atoms with E-state index in [1.165, 1.54) is 61.2 Å². The van der Waals surface area contributed by atoms with Crippen molar-refractivity contribution in [2.45, 2.75) is 18.3 Å². The smallest absolute Gasteiger partial charge is 0.0560 e. The first kappa shape index (κ1) is 34.3. The molecule has 0 N–H and O–H groups in total. The van der Waals surface area contributed by atoms with Crippen molar-refractivity contribution >= 4 is 22.6 Å². The van der Waals surface area contributed by atoms with Gasteiger partial charge in [-0.3, -0.25) is 0 Å². The third-order valence-electron chi connectivity index (χ3n) is 13.0. The second-order valence-electron chi connectivity index (χ2n) is 16.0. The predicted octanol–water partition coefficient (Wildman–Crippen LogP) is 14.8. The quantitative estimate of drug-likeness (QED) is 0.150. The molecule has 0 aromatic heterocycles. The lowest BCUT2D eigenvalue weighted by atomic mass is 9.60. The number of allylic oxidation sites excluding steroid dienone is 10. The zero-order valence-corrected chi connectivity index (χ0v) is 32.4. The lowest BCUT2D eigenvalue weighted by molar-refractivity contribution is 0.414. The number of rotatable bonds is 8. The number of nitrogens with zero attached hydrogens (tertiary/aromatic N) is 1. The van der Waals surface area contributed by atoms with Gasteiger partial charge in [0.2, 0.25) is 0 Å². The summed E-state index contributed by atoms with van der Waals surface area (Å²) < 4.78 is 0. The lowest BCUT2D eigenvalue weighted by Crippen LogP contribution is -2.38. The first-order chi connectivity index (χ1) is 28.7. The number of hydrogen-bond acceptors (Lipinski definition) is 1. The zero-order valence-electron chi connectivity index (χ0n) is 32.4. The first-order valence-electron chi connectivity index (χ1n) is 20.6. The fourth-order valence-electron chi connectivity index (χ4n) is 10.2. The van der Waals surface area contributed by atoms with Crippen LogP contribution in [0.5, 0.6) is 0 Å². The van der Waals surface area contributed by atoms with E-state index in [9.17, 15) is 0 Å². The van der Waals surface area contributed by atoms with Gasteiger partial charge in [-0.25, -0.2) is 0 Å². The van der Waals surface area contributed by atoms with E-state index in [0.717, 1.165) is 29.9 Å². The van der Waals surface area contributed by atoms with Gasteiger partial charge in [0.15, 0.2) is 0 Å². The molecule has 0 spiro atoms. The molecule has 1 fully saturated rings. The molecule has 4 aliphatic carbocycles. The van der Waals surface area contributed by atoms with Gasteiger partial charge in [0.1, 0.15) is 0 Å². The highest BCUT2D eigenvalue weighted by molar-refractivity contribution is 5.89. The van der Waals surface area contributed by atoms with Crippen molar-refractivity contribution in [3.8, 4) is 33.4 Å². The van der Waals surface area contributed by atoms with Gasteiger partial charge in [-0.2, -0.15) is 0 Å². The standard InChI is InChI=1S/C57H43N/c1-2-6-17-41(16-5-1)43-27-31-49(32-28-43)58(50-33-29-44(30-34-50)46-21-15-20-45(38-46)42-18-7-3-8-19-42)51-35-36-53-52-25-11-12-26-54(52)57(55(53)39-51,47-22-9-4-10-23-47)56-37-14-13-24-48(56)40-56/h1-5,7-39,48H,6,40H2. The minimum Gasteiger partial charge on any atom is -0.310 e. The average Bonchev–Trinajstić information content (AvgIpc) is 4.04. The van der Waals surface area contributed by atoms with Crippen LogP contribution in [0.25, 0.3) is 39.0 Å². The van der Waals surface area contributed by atoms with Crippen molar-refractivity contribution in [3.63, 3.8) is 0 Å². The van der Waals surface area contributed by atoms with E-state index >= 15 is 0 Å². The van der Waals surface area contributed by atoms with Gasteiger partial charge in [-0.1, -0.05) is 188 Å². The average molecular weight is 742 g/mol. The molecular formula is C57H43N. The van der Waals surface area contributed by atoms with Gasteiger partial charge < -0.3 is 4.90 Å². The molecule has 0 saturated heterocycles. The third kappa shape index (κ3) is 5.45. The molecule has 4 aliphatic rings. The van der Waals surface area contributed by atoms with E-state index in [4.69, 9.17) is 0 Å². The van der Waals surface area contributed by atoms with Crippen LogP contribution in [-0.4, -0.2) is 0 Å². The minimum absolute atomic E-state index is 0.0414. The van der Waals surface area contributed by atoms with Crippen molar-refractivity contribution < 1.29 is 0 Å². The molecule has 1 saturated carbocycles. The Morgan fingerprint density at radius 2 is 1.10 bits per heavy atom. The normalized spacial score (nSPS) is 20.8. The largest absolute Gasteiger partial charge is 0.310 e. The summed E-state index contributed by atoms with van der Waals surface area (Å²) in [6.45, 7) is 0. The molecule has 0 amide bonds. The Bertz CT molecular complexity index is 2820. The van der Waals surface area contributed by atoms with Crippen LogP contribution >= 0.6 is 0 Å². The fraction of sp³-hybridized carbons (Fsp3) is 0.0877. The highest BCUT2D eigenvalue weighted by Gasteiger charge is 2.68. The summed E-state index contributed by atoms with van der Waals surface area (Å²) in [5.74, 6) is 0.486. The van der Waals surface area contributed by atoms with Crippen molar-refractivity contribution in [2.75, 3.05) is 4.90 Å². The maximum absolute atomic E-state index is 2.53. The Morgan fingerprint density at radius 3 is 1.86 bits per heavy atom. The highest BCUT2D eigenvalue weighted by Crippen LogP contribution is 2.74. The van der Waals surface area contributed by atoms with Crippen LogP contribution in [0.3, 0.4) is 0 Å². The van der Waals surface area contributed by atoms with Crippen molar-refractivity contribution in [2.24, 2.45) is 11.3 Å². The molecule has 0 aliphatic heterocycles. The molecule has 1 nitrogen and oxygen atoms in total. The molecule has 0 heterocycles. The Hall–Kier alpha value is -6.96. The summed E-state index contributed by atoms with van der Waals surface area (Å²) in [6.07, 6.45) is 22.6. The maximum Gasteiger partial charge on any atom is 0.0560 e. The Labute approximate surface area is 342 Å². The molecule has 276 valence electrons. The summed E-state index contributed by atoms with van der Waals surface area (Å²) in [5, 5.41) is 0. The van der Waals surface area contributed by atoms with Crippen LogP contribution in [0.15, 0.2) is 231 Å². The summed E-state index contributed by atoms with van der Waals surface area (Å²) in [7, 11) is 0. The number of hydrogen-bond donors (Lipinski definition) is 0. The molecule has 0 radical (unpaired) electrons. The Morgan fingerprint density at radius 1 is 0.466 bits per heavy atom. The van der Waals surface area contributed by atoms with Crippen LogP contribution in [0.1, 0.15) is 35.1 Å². The Kier molecular flexibility index (Phi) is 8.22. The van der Waals surface area contributed by atoms with E-state index in [1.807, 2.05) is 0 Å². The monoisotopic (exact) mass is 741 g/mol. The second kappa shape index (κ2) is 13.9. The molecule has 0 bridgehead atoms. The second-order valence-corrected chi connectivity index (χ2v) is 16.0. The van der Waals surface area contributed by atoms with Gasteiger partial charge in [0.25, 0.3) is 0 Å². The van der Waals surface area contributed by atoms with Crippen LogP contribution in [-0.2, 0) is 5.41 Å². The molecular weight excluding hydrogens is 699 g/mol. The topological polar surface area (TPSA) is 3.24 Å². The van der Waals surface area contributed by atoms with Crippen LogP contribution in [0.2, 0.25) is 0 Å². The number of benzene rings is 7. The van der Waals surface area contributed by atoms with E-state index in [1.54, 1.807) is 0 Å². The molecule has 1 heteroatoms. The van der Waals surface area contributed by atoms with E-state index in [2.05, 4.69) is 236 Å². The number of anilines is 3. The summed E-state index contributed by atoms with van der Waals surface area (Å²) in [4.78, 5) is 2.45. The molecule has 11 rings (SSSR count). The molecule has 58 heavy (non-hydrogen) atoms. The molecule has 7 aromatic carbocycles. The molecule has 3 unspecified atom stereocenters. The molecule has 7 aromatic rings. The maximum atomic E-state index is 2.53.